The van der Waals surface area contributed by atoms with Crippen molar-refractivity contribution in [3.63, 3.8) is 0 Å². The van der Waals surface area contributed by atoms with Crippen LogP contribution in [0.3, 0.4) is 0 Å². The second-order valence-corrected chi connectivity index (χ2v) is 8.22. The highest BCUT2D eigenvalue weighted by molar-refractivity contribution is 7.90. The van der Waals surface area contributed by atoms with Gasteiger partial charge in [-0.3, -0.25) is 4.79 Å². The Bertz CT molecular complexity index is 905. The molecule has 1 aliphatic rings. The van der Waals surface area contributed by atoms with Crippen molar-refractivity contribution in [1.82, 2.24) is 4.98 Å². The molecule has 1 aromatic carbocycles. The molecule has 26 heavy (non-hydrogen) atoms. The number of benzene rings is 1. The fraction of sp³-hybridized carbons (Fsp3) is 0.333. The van der Waals surface area contributed by atoms with E-state index in [4.69, 9.17) is 4.74 Å². The van der Waals surface area contributed by atoms with Crippen LogP contribution in [0.1, 0.15) is 15.9 Å². The quantitative estimate of drug-likeness (QED) is 0.878. The highest BCUT2D eigenvalue weighted by atomic mass is 32.2. The van der Waals surface area contributed by atoms with Gasteiger partial charge in [-0.05, 0) is 36.8 Å². The Balaban J connectivity index is 1.75. The largest absolute Gasteiger partial charge is 0.378 e. The summed E-state index contributed by atoms with van der Waals surface area (Å²) in [6.45, 7) is 4.69. The molecule has 0 atom stereocenters. The molecule has 138 valence electrons. The normalized spacial score (nSPS) is 14.9. The minimum Gasteiger partial charge on any atom is -0.378 e. The van der Waals surface area contributed by atoms with E-state index in [0.29, 0.717) is 30.0 Å². The summed E-state index contributed by atoms with van der Waals surface area (Å²) < 4.78 is 28.7. The third kappa shape index (κ3) is 4.20. The van der Waals surface area contributed by atoms with Crippen molar-refractivity contribution >= 4 is 27.2 Å². The first-order valence-electron chi connectivity index (χ1n) is 8.25. The molecule has 2 aromatic rings. The number of morpholine rings is 1. The molecular formula is C18H21N3O4S. The van der Waals surface area contributed by atoms with E-state index in [1.54, 1.807) is 25.3 Å². The van der Waals surface area contributed by atoms with Crippen LogP contribution in [0.15, 0.2) is 41.4 Å². The van der Waals surface area contributed by atoms with E-state index in [1.807, 2.05) is 6.07 Å². The summed E-state index contributed by atoms with van der Waals surface area (Å²) in [4.78, 5) is 19.2. The van der Waals surface area contributed by atoms with E-state index in [0.717, 1.165) is 25.2 Å². The zero-order valence-corrected chi connectivity index (χ0v) is 15.5. The number of carbonyl (C=O) groups excluding carboxylic acids is 1. The topological polar surface area (TPSA) is 88.6 Å². The van der Waals surface area contributed by atoms with Crippen LogP contribution in [-0.2, 0) is 14.6 Å². The van der Waals surface area contributed by atoms with Gasteiger partial charge in [-0.2, -0.15) is 0 Å². The number of nitrogens with zero attached hydrogens (tertiary/aromatic N) is 2. The van der Waals surface area contributed by atoms with Crippen LogP contribution in [0, 0.1) is 6.92 Å². The van der Waals surface area contributed by atoms with Gasteiger partial charge in [-0.1, -0.05) is 6.07 Å². The maximum atomic E-state index is 12.5. The number of ether oxygens (including phenoxy) is 1. The molecular weight excluding hydrogens is 354 g/mol. The molecule has 0 bridgehead atoms. The molecule has 0 radical (unpaired) electrons. The van der Waals surface area contributed by atoms with Gasteiger partial charge in [0.1, 0.15) is 5.82 Å². The molecule has 1 saturated heterocycles. The number of aromatic nitrogens is 1. The molecule has 0 aliphatic carbocycles. The van der Waals surface area contributed by atoms with Gasteiger partial charge in [0.15, 0.2) is 9.84 Å². The van der Waals surface area contributed by atoms with E-state index >= 15 is 0 Å². The summed E-state index contributed by atoms with van der Waals surface area (Å²) in [5.41, 5.74) is 1.58. The van der Waals surface area contributed by atoms with Crippen molar-refractivity contribution in [2.45, 2.75) is 11.8 Å². The number of carbonyl (C=O) groups is 1. The van der Waals surface area contributed by atoms with Gasteiger partial charge in [0.2, 0.25) is 0 Å². The summed E-state index contributed by atoms with van der Waals surface area (Å²) in [5.74, 6) is 0.468. The molecule has 1 fully saturated rings. The molecule has 1 aliphatic heterocycles. The third-order valence-corrected chi connectivity index (χ3v) is 5.33. The van der Waals surface area contributed by atoms with E-state index in [1.165, 1.54) is 12.1 Å². The number of pyridine rings is 1. The number of aryl methyl sites for hydroxylation is 1. The monoisotopic (exact) mass is 375 g/mol. The highest BCUT2D eigenvalue weighted by Gasteiger charge is 2.16. The molecule has 3 rings (SSSR count). The number of amides is 1. The second kappa shape index (κ2) is 7.43. The van der Waals surface area contributed by atoms with Gasteiger partial charge in [-0.15, -0.1) is 0 Å². The fourth-order valence-electron chi connectivity index (χ4n) is 2.71. The number of sulfone groups is 1. The van der Waals surface area contributed by atoms with E-state index in [-0.39, 0.29) is 10.8 Å². The molecule has 7 nitrogen and oxygen atoms in total. The van der Waals surface area contributed by atoms with Gasteiger partial charge >= 0.3 is 0 Å². The van der Waals surface area contributed by atoms with Gasteiger partial charge in [0.25, 0.3) is 5.91 Å². The summed E-state index contributed by atoms with van der Waals surface area (Å²) in [7, 11) is -3.37. The van der Waals surface area contributed by atoms with Crippen molar-refractivity contribution in [2.75, 3.05) is 42.8 Å². The number of hydrogen-bond acceptors (Lipinski definition) is 6. The number of anilines is 2. The van der Waals surface area contributed by atoms with E-state index in [9.17, 15) is 13.2 Å². The van der Waals surface area contributed by atoms with Crippen molar-refractivity contribution in [1.29, 1.82) is 0 Å². The van der Waals surface area contributed by atoms with Crippen molar-refractivity contribution in [3.05, 3.63) is 47.7 Å². The molecule has 2 heterocycles. The third-order valence-electron chi connectivity index (χ3n) is 4.22. The van der Waals surface area contributed by atoms with Crippen molar-refractivity contribution in [2.24, 2.45) is 0 Å². The van der Waals surface area contributed by atoms with Crippen molar-refractivity contribution < 1.29 is 17.9 Å². The smallest absolute Gasteiger partial charge is 0.256 e. The van der Waals surface area contributed by atoms with Crippen LogP contribution >= 0.6 is 0 Å². The Morgan fingerprint density at radius 2 is 1.92 bits per heavy atom. The number of hydrogen-bond donors (Lipinski definition) is 1. The average molecular weight is 375 g/mol. The number of rotatable bonds is 4. The van der Waals surface area contributed by atoms with E-state index < -0.39 is 9.84 Å². The summed E-state index contributed by atoms with van der Waals surface area (Å²) >= 11 is 0. The highest BCUT2D eigenvalue weighted by Crippen LogP contribution is 2.19. The Morgan fingerprint density at radius 1 is 1.19 bits per heavy atom. The van der Waals surface area contributed by atoms with Crippen molar-refractivity contribution in [3.8, 4) is 0 Å². The number of nitrogens with one attached hydrogen (secondary N) is 1. The Labute approximate surface area is 152 Å². The second-order valence-electron chi connectivity index (χ2n) is 6.21. The lowest BCUT2D eigenvalue weighted by atomic mass is 10.1. The molecule has 0 saturated carbocycles. The maximum Gasteiger partial charge on any atom is 0.256 e. The molecule has 0 unspecified atom stereocenters. The summed E-state index contributed by atoms with van der Waals surface area (Å²) in [6, 6.07) is 8.16. The summed E-state index contributed by atoms with van der Waals surface area (Å²) in [5, 5.41) is 2.77. The van der Waals surface area contributed by atoms with Crippen LogP contribution in [0.2, 0.25) is 0 Å². The minimum absolute atomic E-state index is 0.119. The lowest BCUT2D eigenvalue weighted by Crippen LogP contribution is -2.36. The van der Waals surface area contributed by atoms with Gasteiger partial charge in [0, 0.05) is 24.9 Å². The van der Waals surface area contributed by atoms with E-state index in [2.05, 4.69) is 15.2 Å². The first kappa shape index (κ1) is 18.3. The fourth-order valence-corrected chi connectivity index (χ4v) is 3.36. The van der Waals surface area contributed by atoms with Gasteiger partial charge < -0.3 is 15.0 Å². The SMILES string of the molecule is Cc1ccc(S(C)(=O)=O)cc1C(=O)Nc1ccc(N2CCOCC2)nc1. The van der Waals surface area contributed by atoms with Crippen LogP contribution in [0.5, 0.6) is 0 Å². The molecule has 1 aromatic heterocycles. The zero-order chi connectivity index (χ0) is 18.7. The van der Waals surface area contributed by atoms with Crippen LogP contribution < -0.4 is 10.2 Å². The molecule has 1 amide bonds. The van der Waals surface area contributed by atoms with Gasteiger partial charge in [0.05, 0.1) is 30.0 Å². The lowest BCUT2D eigenvalue weighted by molar-refractivity contribution is 0.102. The van der Waals surface area contributed by atoms with Crippen LogP contribution in [0.4, 0.5) is 11.5 Å². The Morgan fingerprint density at radius 3 is 2.54 bits per heavy atom. The molecule has 8 heteroatoms. The predicted octanol–water partition coefficient (Wildman–Crippen LogP) is 1.88. The standard InChI is InChI=1S/C18H21N3O4S/c1-13-3-5-15(26(2,23)24)11-16(13)18(22)20-14-4-6-17(19-12-14)21-7-9-25-10-8-21/h3-6,11-12H,7-10H2,1-2H3,(H,20,22). The Hall–Kier alpha value is -2.45. The zero-order valence-electron chi connectivity index (χ0n) is 14.7. The Kier molecular flexibility index (Phi) is 5.24. The predicted molar refractivity (Wildman–Crippen MR) is 99.5 cm³/mol. The summed E-state index contributed by atoms with van der Waals surface area (Å²) in [6.07, 6.45) is 2.71. The van der Waals surface area contributed by atoms with Crippen LogP contribution in [-0.4, -0.2) is 51.9 Å². The molecule has 0 spiro atoms. The lowest BCUT2D eigenvalue weighted by Gasteiger charge is -2.27. The molecule has 1 N–H and O–H groups in total. The van der Waals surface area contributed by atoms with Crippen LogP contribution in [0.25, 0.3) is 0 Å². The van der Waals surface area contributed by atoms with Gasteiger partial charge in [-0.25, -0.2) is 13.4 Å². The minimum atomic E-state index is -3.37. The average Bonchev–Trinajstić information content (AvgIpc) is 2.62. The maximum absolute atomic E-state index is 12.5. The first-order chi connectivity index (χ1) is 12.3. The first-order valence-corrected chi connectivity index (χ1v) is 10.1.